The average Bonchev–Trinajstić information content (AvgIpc) is 2.77. The van der Waals surface area contributed by atoms with E-state index in [0.29, 0.717) is 42.3 Å². The van der Waals surface area contributed by atoms with Gasteiger partial charge in [-0.25, -0.2) is 8.42 Å². The third-order valence-electron chi connectivity index (χ3n) is 5.15. The summed E-state index contributed by atoms with van der Waals surface area (Å²) in [6.45, 7) is 2.41. The van der Waals surface area contributed by atoms with E-state index in [1.807, 2.05) is 18.2 Å². The molecule has 1 aliphatic rings. The summed E-state index contributed by atoms with van der Waals surface area (Å²) >= 11 is 0. The molecule has 8 nitrogen and oxygen atoms in total. The van der Waals surface area contributed by atoms with Gasteiger partial charge in [-0.3, -0.25) is 4.79 Å². The minimum Gasteiger partial charge on any atom is -0.493 e. The number of ether oxygens (including phenoxy) is 3. The normalized spacial score (nSPS) is 14.0. The highest BCUT2D eigenvalue weighted by molar-refractivity contribution is 7.89. The molecule has 1 heterocycles. The predicted octanol–water partition coefficient (Wildman–Crippen LogP) is 2.67. The Labute approximate surface area is 176 Å². The molecule has 1 N–H and O–H groups in total. The summed E-state index contributed by atoms with van der Waals surface area (Å²) in [5.41, 5.74) is 2.84. The summed E-state index contributed by atoms with van der Waals surface area (Å²) in [5, 5.41) is 2.86. The standard InChI is InChI=1S/C21H26N2O6S/c1-5-30(25,26)23-11-10-14-6-7-16(12-15(14)13-23)22-21(24)17-8-9-18(27-2)20(29-4)19(17)28-3/h6-9,12H,5,10-11,13H2,1-4H3,(H,22,24). The first-order valence-corrected chi connectivity index (χ1v) is 11.2. The Morgan fingerprint density at radius 3 is 2.40 bits per heavy atom. The van der Waals surface area contributed by atoms with Crippen molar-refractivity contribution in [2.45, 2.75) is 19.9 Å². The van der Waals surface area contributed by atoms with Crippen molar-refractivity contribution in [2.75, 3.05) is 38.9 Å². The number of carbonyl (C=O) groups is 1. The van der Waals surface area contributed by atoms with E-state index in [-0.39, 0.29) is 17.4 Å². The van der Waals surface area contributed by atoms with Gasteiger partial charge < -0.3 is 19.5 Å². The SMILES string of the molecule is CCS(=O)(=O)N1CCc2ccc(NC(=O)c3ccc(OC)c(OC)c3OC)cc2C1. The summed E-state index contributed by atoms with van der Waals surface area (Å²) in [5.74, 6) is 0.752. The number of methoxy groups -OCH3 is 3. The third-order valence-corrected chi connectivity index (χ3v) is 6.98. The van der Waals surface area contributed by atoms with E-state index in [1.54, 1.807) is 19.1 Å². The Balaban J connectivity index is 1.86. The van der Waals surface area contributed by atoms with Crippen LogP contribution in [0.2, 0.25) is 0 Å². The maximum atomic E-state index is 12.9. The van der Waals surface area contributed by atoms with E-state index in [9.17, 15) is 13.2 Å². The molecule has 1 amide bonds. The van der Waals surface area contributed by atoms with E-state index in [2.05, 4.69) is 5.32 Å². The molecule has 0 unspecified atom stereocenters. The molecule has 9 heteroatoms. The van der Waals surface area contributed by atoms with E-state index in [4.69, 9.17) is 14.2 Å². The van der Waals surface area contributed by atoms with Crippen LogP contribution in [0.5, 0.6) is 17.2 Å². The van der Waals surface area contributed by atoms with Gasteiger partial charge in [-0.2, -0.15) is 4.31 Å². The van der Waals surface area contributed by atoms with Gasteiger partial charge in [0.1, 0.15) is 0 Å². The lowest BCUT2D eigenvalue weighted by atomic mass is 10.0. The number of sulfonamides is 1. The number of amides is 1. The molecule has 0 fully saturated rings. The number of nitrogens with zero attached hydrogens (tertiary/aromatic N) is 1. The van der Waals surface area contributed by atoms with Gasteiger partial charge >= 0.3 is 0 Å². The summed E-state index contributed by atoms with van der Waals surface area (Å²) < 4.78 is 41.9. The van der Waals surface area contributed by atoms with Crippen LogP contribution in [0.15, 0.2) is 30.3 Å². The smallest absolute Gasteiger partial charge is 0.259 e. The van der Waals surface area contributed by atoms with E-state index in [1.165, 1.54) is 25.6 Å². The van der Waals surface area contributed by atoms with Gasteiger partial charge in [0, 0.05) is 18.8 Å². The van der Waals surface area contributed by atoms with Gasteiger partial charge in [0.15, 0.2) is 11.5 Å². The fourth-order valence-corrected chi connectivity index (χ4v) is 4.58. The van der Waals surface area contributed by atoms with Gasteiger partial charge in [-0.1, -0.05) is 6.07 Å². The van der Waals surface area contributed by atoms with Crippen molar-refractivity contribution in [2.24, 2.45) is 0 Å². The fraction of sp³-hybridized carbons (Fsp3) is 0.381. The van der Waals surface area contributed by atoms with Crippen molar-refractivity contribution in [1.82, 2.24) is 4.31 Å². The van der Waals surface area contributed by atoms with Crippen molar-refractivity contribution in [3.63, 3.8) is 0 Å². The second-order valence-corrected chi connectivity index (χ2v) is 9.06. The highest BCUT2D eigenvalue weighted by Crippen LogP contribution is 2.40. The number of carbonyl (C=O) groups excluding carboxylic acids is 1. The van der Waals surface area contributed by atoms with Crippen LogP contribution in [0.1, 0.15) is 28.4 Å². The third kappa shape index (κ3) is 4.22. The molecule has 162 valence electrons. The van der Waals surface area contributed by atoms with Gasteiger partial charge in [0.25, 0.3) is 5.91 Å². The molecular formula is C21H26N2O6S. The largest absolute Gasteiger partial charge is 0.493 e. The Morgan fingerprint density at radius 1 is 1.03 bits per heavy atom. The van der Waals surface area contributed by atoms with E-state index in [0.717, 1.165) is 11.1 Å². The highest BCUT2D eigenvalue weighted by atomic mass is 32.2. The first-order valence-electron chi connectivity index (χ1n) is 9.54. The summed E-state index contributed by atoms with van der Waals surface area (Å²) in [4.78, 5) is 12.9. The van der Waals surface area contributed by atoms with E-state index >= 15 is 0 Å². The van der Waals surface area contributed by atoms with Crippen molar-refractivity contribution in [3.05, 3.63) is 47.0 Å². The number of benzene rings is 2. The van der Waals surface area contributed by atoms with Gasteiger partial charge in [-0.15, -0.1) is 0 Å². The summed E-state index contributed by atoms with van der Waals surface area (Å²) in [6.07, 6.45) is 0.645. The molecule has 0 bridgehead atoms. The molecule has 0 aliphatic carbocycles. The first kappa shape index (κ1) is 21.9. The molecule has 3 rings (SSSR count). The molecule has 2 aromatic rings. The second kappa shape index (κ2) is 8.93. The van der Waals surface area contributed by atoms with Crippen molar-refractivity contribution < 1.29 is 27.4 Å². The predicted molar refractivity (Wildman–Crippen MR) is 114 cm³/mol. The Morgan fingerprint density at radius 2 is 1.77 bits per heavy atom. The van der Waals surface area contributed by atoms with Gasteiger partial charge in [0.2, 0.25) is 15.8 Å². The number of nitrogens with one attached hydrogen (secondary N) is 1. The number of fused-ring (bicyclic) bond motifs is 1. The van der Waals surface area contributed by atoms with Crippen molar-refractivity contribution >= 4 is 21.6 Å². The van der Waals surface area contributed by atoms with Crippen molar-refractivity contribution in [3.8, 4) is 17.2 Å². The number of hydrogen-bond donors (Lipinski definition) is 1. The van der Waals surface area contributed by atoms with Crippen LogP contribution in [0.25, 0.3) is 0 Å². The van der Waals surface area contributed by atoms with Crippen LogP contribution in [0, 0.1) is 0 Å². The van der Waals surface area contributed by atoms with Crippen molar-refractivity contribution in [1.29, 1.82) is 0 Å². The maximum Gasteiger partial charge on any atom is 0.259 e. The van der Waals surface area contributed by atoms with Gasteiger partial charge in [0.05, 0.1) is 32.6 Å². The fourth-order valence-electron chi connectivity index (χ4n) is 3.51. The minimum atomic E-state index is -3.26. The van der Waals surface area contributed by atoms with Crippen LogP contribution in [0.3, 0.4) is 0 Å². The lowest BCUT2D eigenvalue weighted by Gasteiger charge is -2.28. The zero-order valence-corrected chi connectivity index (χ0v) is 18.3. The number of hydrogen-bond acceptors (Lipinski definition) is 6. The lowest BCUT2D eigenvalue weighted by molar-refractivity contribution is 0.102. The minimum absolute atomic E-state index is 0.0673. The zero-order chi connectivity index (χ0) is 21.9. The first-order chi connectivity index (χ1) is 14.3. The zero-order valence-electron chi connectivity index (χ0n) is 17.5. The Bertz CT molecular complexity index is 1050. The Kier molecular flexibility index (Phi) is 6.52. The second-order valence-electron chi connectivity index (χ2n) is 6.80. The molecule has 0 radical (unpaired) electrons. The quantitative estimate of drug-likeness (QED) is 0.720. The summed E-state index contributed by atoms with van der Waals surface area (Å²) in [7, 11) is 1.17. The number of anilines is 1. The molecule has 0 atom stereocenters. The summed E-state index contributed by atoms with van der Waals surface area (Å²) in [6, 6.07) is 8.79. The molecule has 30 heavy (non-hydrogen) atoms. The molecular weight excluding hydrogens is 408 g/mol. The van der Waals surface area contributed by atoms with Crippen LogP contribution < -0.4 is 19.5 Å². The molecule has 0 spiro atoms. The van der Waals surface area contributed by atoms with E-state index < -0.39 is 10.0 Å². The molecule has 0 aromatic heterocycles. The Hall–Kier alpha value is -2.78. The highest BCUT2D eigenvalue weighted by Gasteiger charge is 2.26. The molecule has 1 aliphatic heterocycles. The molecule has 0 saturated heterocycles. The molecule has 0 saturated carbocycles. The number of rotatable bonds is 7. The van der Waals surface area contributed by atoms with Crippen LogP contribution in [-0.2, 0) is 23.0 Å². The molecule has 2 aromatic carbocycles. The topological polar surface area (TPSA) is 94.2 Å². The monoisotopic (exact) mass is 434 g/mol. The van der Waals surface area contributed by atoms with Crippen LogP contribution >= 0.6 is 0 Å². The lowest BCUT2D eigenvalue weighted by Crippen LogP contribution is -2.36. The van der Waals surface area contributed by atoms with Crippen LogP contribution in [0.4, 0.5) is 5.69 Å². The van der Waals surface area contributed by atoms with Gasteiger partial charge in [-0.05, 0) is 48.7 Å². The maximum absolute atomic E-state index is 12.9. The van der Waals surface area contributed by atoms with Crippen LogP contribution in [-0.4, -0.2) is 52.3 Å². The average molecular weight is 435 g/mol.